The first-order chi connectivity index (χ1) is 12.8. The number of nitrogens with zero attached hydrogens (tertiary/aromatic N) is 2. The molecule has 0 atom stereocenters. The smallest absolute Gasteiger partial charge is 0.422 e. The van der Waals surface area contributed by atoms with Crippen LogP contribution in [0.2, 0.25) is 0 Å². The quantitative estimate of drug-likeness (QED) is 0.546. The zero-order valence-corrected chi connectivity index (χ0v) is 16.3. The number of benzene rings is 1. The summed E-state index contributed by atoms with van der Waals surface area (Å²) >= 11 is 1.55. The number of guanidine groups is 1. The van der Waals surface area contributed by atoms with E-state index in [1.807, 2.05) is 19.9 Å². The Hall–Kier alpha value is -2.29. The molecule has 0 aliphatic heterocycles. The van der Waals surface area contributed by atoms with Crippen LogP contribution in [0.25, 0.3) is 0 Å². The van der Waals surface area contributed by atoms with E-state index in [0.29, 0.717) is 24.6 Å². The van der Waals surface area contributed by atoms with E-state index in [9.17, 15) is 13.2 Å². The van der Waals surface area contributed by atoms with Crippen LogP contribution >= 0.6 is 11.3 Å². The first-order valence-corrected chi connectivity index (χ1v) is 9.36. The van der Waals surface area contributed by atoms with Gasteiger partial charge in [-0.1, -0.05) is 12.1 Å². The van der Waals surface area contributed by atoms with Gasteiger partial charge in [0.2, 0.25) is 0 Å². The maximum Gasteiger partial charge on any atom is 0.422 e. The van der Waals surface area contributed by atoms with Gasteiger partial charge in [0.15, 0.2) is 12.6 Å². The number of aryl methyl sites for hydroxylation is 2. The van der Waals surface area contributed by atoms with Gasteiger partial charge in [-0.2, -0.15) is 13.2 Å². The maximum absolute atomic E-state index is 12.5. The summed E-state index contributed by atoms with van der Waals surface area (Å²) in [4.78, 5) is 9.77. The summed E-state index contributed by atoms with van der Waals surface area (Å²) in [5.74, 6) is 0.776. The molecule has 9 heteroatoms. The summed E-state index contributed by atoms with van der Waals surface area (Å²) in [6.07, 6.45) is -4.38. The number of aliphatic imine (C=N–C) groups is 1. The van der Waals surface area contributed by atoms with Gasteiger partial charge < -0.3 is 15.4 Å². The molecule has 0 aliphatic rings. The molecule has 0 saturated carbocycles. The van der Waals surface area contributed by atoms with Crippen molar-refractivity contribution in [2.24, 2.45) is 4.99 Å². The normalized spacial score (nSPS) is 12.1. The third-order valence-electron chi connectivity index (χ3n) is 3.63. The summed E-state index contributed by atoms with van der Waals surface area (Å²) in [5, 5.41) is 6.33. The Bertz CT molecular complexity index is 774. The van der Waals surface area contributed by atoms with Gasteiger partial charge in [0.05, 0.1) is 24.3 Å². The fourth-order valence-corrected chi connectivity index (χ4v) is 2.97. The first kappa shape index (κ1) is 21.0. The summed E-state index contributed by atoms with van der Waals surface area (Å²) < 4.78 is 42.4. The van der Waals surface area contributed by atoms with Crippen LogP contribution in [0.4, 0.5) is 13.2 Å². The Kier molecular flexibility index (Phi) is 7.46. The highest BCUT2D eigenvalue weighted by atomic mass is 32.1. The second-order valence-corrected chi connectivity index (χ2v) is 6.86. The predicted octanol–water partition coefficient (Wildman–Crippen LogP) is 3.96. The predicted molar refractivity (Wildman–Crippen MR) is 101 cm³/mol. The molecule has 5 nitrogen and oxygen atoms in total. The summed E-state index contributed by atoms with van der Waals surface area (Å²) in [7, 11) is 0. The van der Waals surface area contributed by atoms with E-state index in [0.717, 1.165) is 16.1 Å². The Balaban J connectivity index is 2.08. The number of rotatable bonds is 7. The molecular formula is C18H23F3N4OS. The molecule has 148 valence electrons. The molecule has 0 spiro atoms. The van der Waals surface area contributed by atoms with Gasteiger partial charge in [0, 0.05) is 17.0 Å². The van der Waals surface area contributed by atoms with Crippen molar-refractivity contribution in [2.45, 2.75) is 40.0 Å². The molecule has 2 rings (SSSR count). The lowest BCUT2D eigenvalue weighted by Gasteiger charge is -2.14. The molecule has 1 aromatic heterocycles. The molecule has 0 aliphatic carbocycles. The van der Waals surface area contributed by atoms with Crippen molar-refractivity contribution < 1.29 is 17.9 Å². The Labute approximate surface area is 160 Å². The zero-order valence-electron chi connectivity index (χ0n) is 15.5. The minimum atomic E-state index is -4.38. The average molecular weight is 400 g/mol. The third-order valence-corrected chi connectivity index (χ3v) is 4.56. The molecule has 0 radical (unpaired) electrons. The second kappa shape index (κ2) is 9.59. The zero-order chi connectivity index (χ0) is 19.9. The molecule has 27 heavy (non-hydrogen) atoms. The molecule has 1 aromatic carbocycles. The van der Waals surface area contributed by atoms with Gasteiger partial charge in [-0.3, -0.25) is 0 Å². The molecule has 0 unspecified atom stereocenters. The van der Waals surface area contributed by atoms with Gasteiger partial charge >= 0.3 is 6.18 Å². The van der Waals surface area contributed by atoms with Crippen molar-refractivity contribution in [3.05, 3.63) is 45.4 Å². The fraction of sp³-hybridized carbons (Fsp3) is 0.444. The number of hydrogen-bond donors (Lipinski definition) is 2. The lowest BCUT2D eigenvalue weighted by Crippen LogP contribution is -2.36. The van der Waals surface area contributed by atoms with Gasteiger partial charge in [0.25, 0.3) is 0 Å². The number of thiazole rings is 1. The van der Waals surface area contributed by atoms with E-state index in [2.05, 4.69) is 20.6 Å². The van der Waals surface area contributed by atoms with E-state index >= 15 is 0 Å². The van der Waals surface area contributed by atoms with Crippen LogP contribution in [0.15, 0.2) is 28.7 Å². The van der Waals surface area contributed by atoms with E-state index in [1.165, 1.54) is 0 Å². The molecule has 0 fully saturated rings. The summed E-state index contributed by atoms with van der Waals surface area (Å²) in [6, 6.07) is 5.16. The monoisotopic (exact) mass is 400 g/mol. The summed E-state index contributed by atoms with van der Waals surface area (Å²) in [6.45, 7) is 5.80. The van der Waals surface area contributed by atoms with Crippen LogP contribution in [0, 0.1) is 13.8 Å². The van der Waals surface area contributed by atoms with Crippen LogP contribution in [-0.2, 0) is 13.1 Å². The minimum Gasteiger partial charge on any atom is -0.484 e. The number of nitrogens with one attached hydrogen (secondary N) is 2. The molecule has 2 aromatic rings. The van der Waals surface area contributed by atoms with E-state index in [4.69, 9.17) is 4.74 Å². The summed E-state index contributed by atoms with van der Waals surface area (Å²) in [5.41, 5.74) is 4.17. The standard InChI is InChI=1S/C18H23F3N4OS/c1-4-22-17(24-9-16-13(3)25-11-27-16)23-8-14-6-5-12(2)7-15(14)26-10-18(19,20)21/h5-7,11H,4,8-10H2,1-3H3,(H2,22,23,24). The van der Waals surface area contributed by atoms with Crippen molar-refractivity contribution in [3.8, 4) is 5.75 Å². The molecule has 0 amide bonds. The van der Waals surface area contributed by atoms with E-state index in [1.54, 1.807) is 35.9 Å². The maximum atomic E-state index is 12.5. The van der Waals surface area contributed by atoms with Crippen LogP contribution in [0.3, 0.4) is 0 Å². The number of ether oxygens (including phenoxy) is 1. The number of alkyl halides is 3. The lowest BCUT2D eigenvalue weighted by molar-refractivity contribution is -0.153. The van der Waals surface area contributed by atoms with E-state index < -0.39 is 12.8 Å². The second-order valence-electron chi connectivity index (χ2n) is 5.92. The molecule has 0 bridgehead atoms. The minimum absolute atomic E-state index is 0.199. The van der Waals surface area contributed by atoms with Crippen LogP contribution < -0.4 is 15.4 Å². The van der Waals surface area contributed by atoms with Crippen molar-refractivity contribution in [2.75, 3.05) is 13.2 Å². The molecule has 0 saturated heterocycles. The molecule has 2 N–H and O–H groups in total. The van der Waals surface area contributed by atoms with Gasteiger partial charge in [-0.05, 0) is 32.4 Å². The van der Waals surface area contributed by atoms with Gasteiger partial charge in [-0.25, -0.2) is 9.98 Å². The van der Waals surface area contributed by atoms with Gasteiger partial charge in [-0.15, -0.1) is 11.3 Å². The van der Waals surface area contributed by atoms with Crippen molar-refractivity contribution in [1.29, 1.82) is 0 Å². The van der Waals surface area contributed by atoms with Gasteiger partial charge in [0.1, 0.15) is 5.75 Å². The highest BCUT2D eigenvalue weighted by Crippen LogP contribution is 2.24. The number of halogens is 3. The van der Waals surface area contributed by atoms with Crippen LogP contribution in [0.1, 0.15) is 28.6 Å². The van der Waals surface area contributed by atoms with Crippen molar-refractivity contribution in [3.63, 3.8) is 0 Å². The highest BCUT2D eigenvalue weighted by Gasteiger charge is 2.28. The highest BCUT2D eigenvalue weighted by molar-refractivity contribution is 7.09. The topological polar surface area (TPSA) is 58.5 Å². The number of aromatic nitrogens is 1. The Morgan fingerprint density at radius 1 is 1.26 bits per heavy atom. The van der Waals surface area contributed by atoms with Crippen LogP contribution in [0.5, 0.6) is 5.75 Å². The van der Waals surface area contributed by atoms with Crippen LogP contribution in [-0.4, -0.2) is 30.3 Å². The average Bonchev–Trinajstić information content (AvgIpc) is 3.01. The Morgan fingerprint density at radius 3 is 2.67 bits per heavy atom. The molecule has 1 heterocycles. The largest absolute Gasteiger partial charge is 0.484 e. The van der Waals surface area contributed by atoms with Crippen molar-refractivity contribution >= 4 is 17.3 Å². The third kappa shape index (κ3) is 7.09. The van der Waals surface area contributed by atoms with Crippen molar-refractivity contribution in [1.82, 2.24) is 15.6 Å². The SMILES string of the molecule is CCNC(=NCc1ccc(C)cc1OCC(F)(F)F)NCc1scnc1C. The number of hydrogen-bond acceptors (Lipinski definition) is 4. The lowest BCUT2D eigenvalue weighted by atomic mass is 10.1. The van der Waals surface area contributed by atoms with E-state index in [-0.39, 0.29) is 12.3 Å². The fourth-order valence-electron chi connectivity index (χ4n) is 2.25. The first-order valence-electron chi connectivity index (χ1n) is 8.48. The Morgan fingerprint density at radius 2 is 2.04 bits per heavy atom. The molecular weight excluding hydrogens is 377 g/mol.